The molecule has 2 unspecified atom stereocenters. The topological polar surface area (TPSA) is 12.0 Å². The van der Waals surface area contributed by atoms with Crippen molar-refractivity contribution in [3.8, 4) is 0 Å². The van der Waals surface area contributed by atoms with Gasteiger partial charge in [0.05, 0.1) is 11.6 Å². The van der Waals surface area contributed by atoms with Crippen molar-refractivity contribution in [2.45, 2.75) is 59.2 Å². The van der Waals surface area contributed by atoms with Gasteiger partial charge in [-0.25, -0.2) is 0 Å². The van der Waals surface area contributed by atoms with Crippen LogP contribution in [0.2, 0.25) is 0 Å². The van der Waals surface area contributed by atoms with Crippen LogP contribution in [0.5, 0.6) is 0 Å². The Morgan fingerprint density at radius 2 is 1.74 bits per heavy atom. The van der Waals surface area contributed by atoms with Crippen LogP contribution in [0, 0.1) is 23.2 Å². The predicted octanol–water partition coefficient (Wildman–Crippen LogP) is 7.08. The number of nitrogens with one attached hydrogen (secondary N) is 1. The standard InChI is InChI=1S/C23H30F3N/c1-15-12-17(14-22(3,4)13-15)21-16(2)6-5-7-20(21)27-19-10-8-18(9-11-19)23(24,25)26/h5-11,15,17,20-21,27H,12-14H2,1-4H3/t15-,17+,20?,21?/m1/s1. The molecule has 4 heteroatoms. The molecular weight excluding hydrogens is 347 g/mol. The lowest BCUT2D eigenvalue weighted by Gasteiger charge is -2.45. The molecule has 1 nitrogen and oxygen atoms in total. The van der Waals surface area contributed by atoms with Gasteiger partial charge in [0.2, 0.25) is 0 Å². The van der Waals surface area contributed by atoms with E-state index in [4.69, 9.17) is 0 Å². The van der Waals surface area contributed by atoms with Crippen LogP contribution in [-0.4, -0.2) is 6.04 Å². The first-order valence-electron chi connectivity index (χ1n) is 9.84. The van der Waals surface area contributed by atoms with Gasteiger partial charge in [-0.3, -0.25) is 0 Å². The molecule has 2 aliphatic rings. The average Bonchev–Trinajstić information content (AvgIpc) is 2.52. The Labute approximate surface area is 160 Å². The normalized spacial score (nSPS) is 30.7. The molecule has 1 aromatic carbocycles. The first-order chi connectivity index (χ1) is 12.5. The lowest BCUT2D eigenvalue weighted by Crippen LogP contribution is -2.40. The summed E-state index contributed by atoms with van der Waals surface area (Å²) in [7, 11) is 0. The Hall–Kier alpha value is -1.71. The van der Waals surface area contributed by atoms with Crippen molar-refractivity contribution in [2.24, 2.45) is 23.2 Å². The summed E-state index contributed by atoms with van der Waals surface area (Å²) < 4.78 is 38.4. The smallest absolute Gasteiger partial charge is 0.378 e. The average molecular weight is 377 g/mol. The fourth-order valence-electron chi connectivity index (χ4n) is 5.29. The maximum absolute atomic E-state index is 12.8. The Morgan fingerprint density at radius 1 is 1.07 bits per heavy atom. The van der Waals surface area contributed by atoms with Crippen LogP contribution in [0.4, 0.5) is 18.9 Å². The first kappa shape index (κ1) is 20.0. The molecule has 2 aliphatic carbocycles. The summed E-state index contributed by atoms with van der Waals surface area (Å²) in [6.07, 6.45) is 5.75. The lowest BCUT2D eigenvalue weighted by molar-refractivity contribution is -0.137. The molecule has 0 bridgehead atoms. The van der Waals surface area contributed by atoms with E-state index in [9.17, 15) is 13.2 Å². The van der Waals surface area contributed by atoms with E-state index in [1.807, 2.05) is 0 Å². The SMILES string of the molecule is CC1=CC=CC(Nc2ccc(C(F)(F)F)cc2)C1[C@H]1C[C@@H](C)CC(C)(C)C1. The molecule has 3 rings (SSSR count). The first-order valence-corrected chi connectivity index (χ1v) is 9.84. The highest BCUT2D eigenvalue weighted by molar-refractivity contribution is 5.48. The molecule has 1 fully saturated rings. The molecule has 1 saturated carbocycles. The van der Waals surface area contributed by atoms with Crippen molar-refractivity contribution in [3.05, 3.63) is 53.6 Å². The van der Waals surface area contributed by atoms with E-state index in [-0.39, 0.29) is 6.04 Å². The van der Waals surface area contributed by atoms with Crippen LogP contribution in [0.15, 0.2) is 48.1 Å². The Balaban J connectivity index is 1.79. The minimum absolute atomic E-state index is 0.109. The molecular formula is C23H30F3N. The molecule has 0 heterocycles. The quantitative estimate of drug-likeness (QED) is 0.593. The van der Waals surface area contributed by atoms with E-state index in [2.05, 4.69) is 51.2 Å². The zero-order valence-electron chi connectivity index (χ0n) is 16.6. The van der Waals surface area contributed by atoms with Crippen molar-refractivity contribution in [1.29, 1.82) is 0 Å². The minimum Gasteiger partial charge on any atom is -0.378 e. The van der Waals surface area contributed by atoms with Gasteiger partial charge in [-0.15, -0.1) is 0 Å². The summed E-state index contributed by atoms with van der Waals surface area (Å²) in [4.78, 5) is 0. The summed E-state index contributed by atoms with van der Waals surface area (Å²) in [5.41, 5.74) is 1.82. The van der Waals surface area contributed by atoms with E-state index in [0.717, 1.165) is 17.8 Å². The fourth-order valence-corrected chi connectivity index (χ4v) is 5.29. The van der Waals surface area contributed by atoms with E-state index < -0.39 is 11.7 Å². The summed E-state index contributed by atoms with van der Waals surface area (Å²) in [6, 6.07) is 5.48. The van der Waals surface area contributed by atoms with Gasteiger partial charge in [0, 0.05) is 11.6 Å². The number of anilines is 1. The van der Waals surface area contributed by atoms with E-state index >= 15 is 0 Å². The number of allylic oxidation sites excluding steroid dienone is 2. The summed E-state index contributed by atoms with van der Waals surface area (Å²) in [5, 5.41) is 3.48. The van der Waals surface area contributed by atoms with Crippen LogP contribution < -0.4 is 5.32 Å². The van der Waals surface area contributed by atoms with E-state index in [1.165, 1.54) is 37.0 Å². The van der Waals surface area contributed by atoms with Gasteiger partial charge >= 0.3 is 6.18 Å². The van der Waals surface area contributed by atoms with Crippen LogP contribution in [0.1, 0.15) is 52.5 Å². The van der Waals surface area contributed by atoms with Crippen molar-refractivity contribution < 1.29 is 13.2 Å². The molecule has 1 aromatic rings. The van der Waals surface area contributed by atoms with Gasteiger partial charge in [0.25, 0.3) is 0 Å². The van der Waals surface area contributed by atoms with Crippen LogP contribution >= 0.6 is 0 Å². The van der Waals surface area contributed by atoms with Gasteiger partial charge in [-0.2, -0.15) is 13.2 Å². The highest BCUT2D eigenvalue weighted by Gasteiger charge is 2.39. The molecule has 27 heavy (non-hydrogen) atoms. The number of hydrogen-bond donors (Lipinski definition) is 1. The number of alkyl halides is 3. The zero-order valence-corrected chi connectivity index (χ0v) is 16.6. The second-order valence-electron chi connectivity index (χ2n) is 9.24. The Bertz CT molecular complexity index is 712. The second kappa shape index (κ2) is 7.37. The highest BCUT2D eigenvalue weighted by Crippen LogP contribution is 2.47. The maximum Gasteiger partial charge on any atom is 0.416 e. The van der Waals surface area contributed by atoms with Gasteiger partial charge in [-0.1, -0.05) is 44.6 Å². The van der Waals surface area contributed by atoms with Crippen LogP contribution in [0.25, 0.3) is 0 Å². The maximum atomic E-state index is 12.8. The second-order valence-corrected chi connectivity index (χ2v) is 9.24. The predicted molar refractivity (Wildman–Crippen MR) is 106 cm³/mol. The summed E-state index contributed by atoms with van der Waals surface area (Å²) >= 11 is 0. The van der Waals surface area contributed by atoms with Crippen LogP contribution in [0.3, 0.4) is 0 Å². The molecule has 1 N–H and O–H groups in total. The largest absolute Gasteiger partial charge is 0.416 e. The third kappa shape index (κ3) is 4.77. The van der Waals surface area contributed by atoms with Crippen molar-refractivity contribution in [2.75, 3.05) is 5.32 Å². The highest BCUT2D eigenvalue weighted by atomic mass is 19.4. The molecule has 4 atom stereocenters. The van der Waals surface area contributed by atoms with E-state index in [0.29, 0.717) is 23.2 Å². The lowest BCUT2D eigenvalue weighted by atomic mass is 9.62. The molecule has 0 radical (unpaired) electrons. The number of benzene rings is 1. The molecule has 148 valence electrons. The summed E-state index contributed by atoms with van der Waals surface area (Å²) in [5.74, 6) is 1.65. The van der Waals surface area contributed by atoms with Crippen LogP contribution in [-0.2, 0) is 6.18 Å². The third-order valence-electron chi connectivity index (χ3n) is 6.06. The number of rotatable bonds is 3. The van der Waals surface area contributed by atoms with Crippen molar-refractivity contribution >= 4 is 5.69 Å². The van der Waals surface area contributed by atoms with E-state index in [1.54, 1.807) is 0 Å². The Morgan fingerprint density at radius 3 is 2.33 bits per heavy atom. The van der Waals surface area contributed by atoms with Gasteiger partial charge < -0.3 is 5.32 Å². The fraction of sp³-hybridized carbons (Fsp3) is 0.565. The zero-order chi connectivity index (χ0) is 19.8. The molecule has 0 amide bonds. The van der Waals surface area contributed by atoms with Crippen molar-refractivity contribution in [1.82, 2.24) is 0 Å². The Kier molecular flexibility index (Phi) is 5.47. The molecule has 0 spiro atoms. The number of hydrogen-bond acceptors (Lipinski definition) is 1. The monoisotopic (exact) mass is 377 g/mol. The van der Waals surface area contributed by atoms with Crippen molar-refractivity contribution in [3.63, 3.8) is 0 Å². The molecule has 0 saturated heterocycles. The van der Waals surface area contributed by atoms with Gasteiger partial charge in [0.15, 0.2) is 0 Å². The summed E-state index contributed by atoms with van der Waals surface area (Å²) in [6.45, 7) is 9.23. The molecule has 0 aromatic heterocycles. The third-order valence-corrected chi connectivity index (χ3v) is 6.06. The van der Waals surface area contributed by atoms with Gasteiger partial charge in [0.1, 0.15) is 0 Å². The van der Waals surface area contributed by atoms with Gasteiger partial charge in [-0.05, 0) is 67.7 Å². The minimum atomic E-state index is -4.30. The number of halogens is 3. The molecule has 0 aliphatic heterocycles.